The third-order valence-corrected chi connectivity index (χ3v) is 10.3. The molecule has 0 spiro atoms. The van der Waals surface area contributed by atoms with E-state index in [1.54, 1.807) is 6.07 Å². The van der Waals surface area contributed by atoms with Gasteiger partial charge in [0, 0.05) is 12.7 Å². The molecule has 2 nitrogen and oxygen atoms in total. The Labute approximate surface area is 300 Å². The minimum atomic E-state index is -4.43. The molecule has 8 aromatic rings. The molecule has 9 rings (SSSR count). The summed E-state index contributed by atoms with van der Waals surface area (Å²) in [6.45, 7) is 0. The molecule has 1 aliphatic rings. The van der Waals surface area contributed by atoms with E-state index in [4.69, 9.17) is 0 Å². The molecular formula is C47H33F3N2. The largest absolute Gasteiger partial charge is 0.416 e. The highest BCUT2D eigenvalue weighted by Gasteiger charge is 2.39. The van der Waals surface area contributed by atoms with Gasteiger partial charge in [-0.15, -0.1) is 0 Å². The summed E-state index contributed by atoms with van der Waals surface area (Å²) < 4.78 is 41.4. The van der Waals surface area contributed by atoms with Crippen LogP contribution in [0.1, 0.15) is 17.3 Å². The van der Waals surface area contributed by atoms with Crippen LogP contribution >= 0.6 is 0 Å². The van der Waals surface area contributed by atoms with Gasteiger partial charge in [-0.2, -0.15) is 13.2 Å². The fourth-order valence-electron chi connectivity index (χ4n) is 7.90. The van der Waals surface area contributed by atoms with Crippen LogP contribution in [-0.4, -0.2) is 7.05 Å². The quantitative estimate of drug-likeness (QED) is 0.167. The zero-order chi connectivity index (χ0) is 35.4. The van der Waals surface area contributed by atoms with Gasteiger partial charge in [-0.25, -0.2) is 0 Å². The molecule has 8 aromatic carbocycles. The molecule has 1 unspecified atom stereocenters. The van der Waals surface area contributed by atoms with Gasteiger partial charge in [0.25, 0.3) is 0 Å². The smallest absolute Gasteiger partial charge is 0.348 e. The van der Waals surface area contributed by atoms with Crippen LogP contribution in [0.5, 0.6) is 0 Å². The lowest BCUT2D eigenvalue weighted by Crippen LogP contribution is -2.30. The maximum absolute atomic E-state index is 13.8. The van der Waals surface area contributed by atoms with E-state index in [-0.39, 0.29) is 6.17 Å². The monoisotopic (exact) mass is 682 g/mol. The Hall–Kier alpha value is -6.33. The molecule has 0 N–H and O–H groups in total. The van der Waals surface area contributed by atoms with Crippen molar-refractivity contribution in [1.29, 1.82) is 0 Å². The molecule has 0 aliphatic carbocycles. The normalized spacial score (nSPS) is 14.3. The number of fused-ring (bicyclic) bond motifs is 3. The second-order valence-electron chi connectivity index (χ2n) is 13.3. The van der Waals surface area contributed by atoms with Crippen LogP contribution in [-0.2, 0) is 6.18 Å². The molecule has 5 heteroatoms. The maximum atomic E-state index is 13.8. The summed E-state index contributed by atoms with van der Waals surface area (Å²) in [7, 11) is 1.86. The van der Waals surface area contributed by atoms with E-state index in [1.165, 1.54) is 50.4 Å². The predicted octanol–water partition coefficient (Wildman–Crippen LogP) is 13.3. The first-order valence-electron chi connectivity index (χ1n) is 17.3. The molecule has 0 fully saturated rings. The van der Waals surface area contributed by atoms with Crippen LogP contribution in [0.15, 0.2) is 176 Å². The molecule has 252 valence electrons. The third-order valence-electron chi connectivity index (χ3n) is 10.3. The topological polar surface area (TPSA) is 6.48 Å². The van der Waals surface area contributed by atoms with Gasteiger partial charge in [-0.3, -0.25) is 0 Å². The standard InChI is InChI=1S/C47H33F3N2/c1-51-43-30-36(47(48,49)50)24-28-42(43)52(46(51)34-17-9-4-10-18-34)37-25-21-31(22-26-37)35-23-27-40-41(29-35)45(33-15-7-3-8-16-33)39-20-12-11-19-38(39)44(40)32-13-5-2-6-14-32/h2-30,46H,1H3. The zero-order valence-corrected chi connectivity index (χ0v) is 28.3. The van der Waals surface area contributed by atoms with E-state index in [0.29, 0.717) is 5.69 Å². The van der Waals surface area contributed by atoms with Gasteiger partial charge in [0.2, 0.25) is 0 Å². The fourth-order valence-corrected chi connectivity index (χ4v) is 7.90. The van der Waals surface area contributed by atoms with E-state index in [1.807, 2.05) is 48.3 Å². The average Bonchev–Trinajstić information content (AvgIpc) is 3.48. The van der Waals surface area contributed by atoms with Crippen LogP contribution < -0.4 is 9.80 Å². The van der Waals surface area contributed by atoms with Gasteiger partial charge in [0.05, 0.1) is 16.9 Å². The number of anilines is 3. The number of hydrogen-bond acceptors (Lipinski definition) is 2. The van der Waals surface area contributed by atoms with E-state index < -0.39 is 11.7 Å². The van der Waals surface area contributed by atoms with Crippen LogP contribution in [0.3, 0.4) is 0 Å². The highest BCUT2D eigenvalue weighted by Crippen LogP contribution is 2.51. The molecule has 0 aromatic heterocycles. The van der Waals surface area contributed by atoms with Crippen molar-refractivity contribution in [3.63, 3.8) is 0 Å². The van der Waals surface area contributed by atoms with Gasteiger partial charge in [-0.05, 0) is 96.9 Å². The number of hydrogen-bond donors (Lipinski definition) is 0. The molecular weight excluding hydrogens is 650 g/mol. The van der Waals surface area contributed by atoms with Gasteiger partial charge in [0.1, 0.15) is 6.17 Å². The molecule has 0 bridgehead atoms. The van der Waals surface area contributed by atoms with Gasteiger partial charge < -0.3 is 9.80 Å². The van der Waals surface area contributed by atoms with Crippen LogP contribution in [0.25, 0.3) is 54.9 Å². The van der Waals surface area contributed by atoms with E-state index in [0.717, 1.165) is 33.6 Å². The lowest BCUT2D eigenvalue weighted by atomic mass is 9.85. The number of alkyl halides is 3. The molecule has 1 aliphatic heterocycles. The molecule has 0 saturated carbocycles. The van der Waals surface area contributed by atoms with E-state index in [9.17, 15) is 13.2 Å². The predicted molar refractivity (Wildman–Crippen MR) is 209 cm³/mol. The van der Waals surface area contributed by atoms with Crippen molar-refractivity contribution in [1.82, 2.24) is 0 Å². The molecule has 0 radical (unpaired) electrons. The average molecular weight is 683 g/mol. The first-order chi connectivity index (χ1) is 25.4. The minimum Gasteiger partial charge on any atom is -0.348 e. The van der Waals surface area contributed by atoms with E-state index >= 15 is 0 Å². The van der Waals surface area contributed by atoms with Crippen molar-refractivity contribution in [3.8, 4) is 33.4 Å². The van der Waals surface area contributed by atoms with Crippen LogP contribution in [0.4, 0.5) is 30.2 Å². The summed E-state index contributed by atoms with van der Waals surface area (Å²) in [5.74, 6) is 0. The molecule has 0 amide bonds. The summed E-state index contributed by atoms with van der Waals surface area (Å²) in [6.07, 6.45) is -4.74. The summed E-state index contributed by atoms with van der Waals surface area (Å²) in [4.78, 5) is 4.05. The Kier molecular flexibility index (Phi) is 7.58. The lowest BCUT2D eigenvalue weighted by molar-refractivity contribution is -0.137. The molecule has 1 atom stereocenters. The lowest BCUT2D eigenvalue weighted by Gasteiger charge is -2.31. The Morgan fingerprint density at radius 1 is 0.442 bits per heavy atom. The van der Waals surface area contributed by atoms with Crippen LogP contribution in [0.2, 0.25) is 0 Å². The van der Waals surface area contributed by atoms with Crippen molar-refractivity contribution < 1.29 is 13.2 Å². The first-order valence-corrected chi connectivity index (χ1v) is 17.3. The first kappa shape index (κ1) is 31.6. The van der Waals surface area contributed by atoms with E-state index in [2.05, 4.69) is 126 Å². The van der Waals surface area contributed by atoms with Crippen molar-refractivity contribution in [2.75, 3.05) is 16.8 Å². The summed E-state index contributed by atoms with van der Waals surface area (Å²) in [6, 6.07) is 58.9. The SMILES string of the molecule is CN1c2cc(C(F)(F)F)ccc2N(c2ccc(-c3ccc4c(-c5ccccc5)c5ccccc5c(-c5ccccc5)c4c3)cc2)C1c1ccccc1. The zero-order valence-electron chi connectivity index (χ0n) is 28.3. The van der Waals surface area contributed by atoms with Gasteiger partial charge >= 0.3 is 6.18 Å². The molecule has 1 heterocycles. The van der Waals surface area contributed by atoms with Crippen molar-refractivity contribution in [2.45, 2.75) is 12.3 Å². The Bertz CT molecular complexity index is 2560. The number of rotatable bonds is 5. The second kappa shape index (κ2) is 12.5. The van der Waals surface area contributed by atoms with Crippen LogP contribution in [0, 0.1) is 0 Å². The second-order valence-corrected chi connectivity index (χ2v) is 13.3. The number of benzene rings is 8. The minimum absolute atomic E-state index is 0.315. The number of nitrogens with zero attached hydrogens (tertiary/aromatic N) is 2. The molecule has 52 heavy (non-hydrogen) atoms. The van der Waals surface area contributed by atoms with Crippen molar-refractivity contribution in [3.05, 3.63) is 187 Å². The van der Waals surface area contributed by atoms with Crippen molar-refractivity contribution in [2.24, 2.45) is 0 Å². The third kappa shape index (κ3) is 5.28. The summed E-state index contributed by atoms with van der Waals surface area (Å²) in [5.41, 5.74) is 9.38. The Balaban J connectivity index is 1.19. The fraction of sp³-hybridized carbons (Fsp3) is 0.0638. The number of halogens is 3. The maximum Gasteiger partial charge on any atom is 0.416 e. The molecule has 0 saturated heterocycles. The highest BCUT2D eigenvalue weighted by atomic mass is 19.4. The summed E-state index contributed by atoms with van der Waals surface area (Å²) >= 11 is 0. The summed E-state index contributed by atoms with van der Waals surface area (Å²) in [5, 5.41) is 4.77. The van der Waals surface area contributed by atoms with Gasteiger partial charge in [-0.1, -0.05) is 140 Å². The van der Waals surface area contributed by atoms with Gasteiger partial charge in [0.15, 0.2) is 0 Å². The van der Waals surface area contributed by atoms with Crippen molar-refractivity contribution >= 4 is 38.6 Å². The Morgan fingerprint density at radius 2 is 0.962 bits per heavy atom. The highest BCUT2D eigenvalue weighted by molar-refractivity contribution is 6.22. The Morgan fingerprint density at radius 3 is 1.56 bits per heavy atom.